The van der Waals surface area contributed by atoms with Gasteiger partial charge in [0, 0.05) is 24.6 Å². The highest BCUT2D eigenvalue weighted by molar-refractivity contribution is 6.01. The molecule has 1 aliphatic heterocycles. The molecule has 4 rings (SSSR count). The van der Waals surface area contributed by atoms with Crippen LogP contribution in [0.2, 0.25) is 0 Å². The number of carbonyl (C=O) groups excluding carboxylic acids is 1. The zero-order chi connectivity index (χ0) is 21.4. The second kappa shape index (κ2) is 7.94. The number of halogens is 2. The Bertz CT molecular complexity index is 1160. The molecule has 0 spiro atoms. The van der Waals surface area contributed by atoms with Gasteiger partial charge in [-0.25, -0.2) is 23.5 Å². The molecule has 10 heteroatoms. The molecule has 1 saturated heterocycles. The summed E-state index contributed by atoms with van der Waals surface area (Å²) in [6, 6.07) is 4.18. The molecule has 0 unspecified atom stereocenters. The lowest BCUT2D eigenvalue weighted by molar-refractivity contribution is 0.0996. The van der Waals surface area contributed by atoms with Crippen molar-refractivity contribution >= 4 is 17.1 Å². The van der Waals surface area contributed by atoms with E-state index in [-0.39, 0.29) is 22.8 Å². The van der Waals surface area contributed by atoms with Gasteiger partial charge in [0.15, 0.2) is 23.0 Å². The summed E-state index contributed by atoms with van der Waals surface area (Å²) in [5.41, 5.74) is 6.05. The van der Waals surface area contributed by atoms with E-state index in [0.29, 0.717) is 56.1 Å². The molecule has 3 heterocycles. The van der Waals surface area contributed by atoms with Crippen LogP contribution in [0.3, 0.4) is 0 Å². The predicted molar refractivity (Wildman–Crippen MR) is 106 cm³/mol. The van der Waals surface area contributed by atoms with E-state index in [4.69, 9.17) is 5.73 Å². The molecule has 3 aromatic rings. The van der Waals surface area contributed by atoms with Gasteiger partial charge in [0.2, 0.25) is 0 Å². The number of piperidine rings is 1. The highest BCUT2D eigenvalue weighted by Crippen LogP contribution is 2.28. The summed E-state index contributed by atoms with van der Waals surface area (Å²) in [7, 11) is 0. The van der Waals surface area contributed by atoms with Crippen LogP contribution in [0.25, 0.3) is 11.2 Å². The number of benzene rings is 1. The van der Waals surface area contributed by atoms with Gasteiger partial charge < -0.3 is 10.7 Å². The van der Waals surface area contributed by atoms with E-state index in [1.165, 1.54) is 10.6 Å². The minimum Gasteiger partial charge on any atom is -0.364 e. The Hall–Kier alpha value is -3.14. The van der Waals surface area contributed by atoms with E-state index in [9.17, 15) is 18.4 Å². The number of aromatic nitrogens is 4. The van der Waals surface area contributed by atoms with Gasteiger partial charge in [-0.15, -0.1) is 0 Å². The average Bonchev–Trinajstić information content (AvgIpc) is 3.06. The lowest BCUT2D eigenvalue weighted by atomic mass is 9.95. The Balaban J connectivity index is 1.56. The number of aryl methyl sites for hydroxylation is 1. The maximum atomic E-state index is 13.9. The SMILES string of the molecule is CCn1c(=O)[nH]c2c(C(N)=O)nc(C3CCN(Cc4cccc(F)c4F)CC3)nc21. The summed E-state index contributed by atoms with van der Waals surface area (Å²) >= 11 is 0. The number of aromatic amines is 1. The summed E-state index contributed by atoms with van der Waals surface area (Å²) in [4.78, 5) is 37.6. The summed E-state index contributed by atoms with van der Waals surface area (Å²) in [6.45, 7) is 3.80. The van der Waals surface area contributed by atoms with E-state index < -0.39 is 17.5 Å². The second-order valence-corrected chi connectivity index (χ2v) is 7.43. The van der Waals surface area contributed by atoms with Crippen molar-refractivity contribution in [1.82, 2.24) is 24.4 Å². The Morgan fingerprint density at radius 3 is 2.67 bits per heavy atom. The van der Waals surface area contributed by atoms with Gasteiger partial charge in [-0.1, -0.05) is 12.1 Å². The zero-order valence-electron chi connectivity index (χ0n) is 16.5. The minimum atomic E-state index is -0.850. The molecule has 0 radical (unpaired) electrons. The molecule has 1 aliphatic rings. The van der Waals surface area contributed by atoms with Crippen molar-refractivity contribution in [2.45, 2.75) is 38.8 Å². The van der Waals surface area contributed by atoms with Crippen molar-refractivity contribution in [1.29, 1.82) is 0 Å². The van der Waals surface area contributed by atoms with Crippen LogP contribution in [0.15, 0.2) is 23.0 Å². The van der Waals surface area contributed by atoms with Crippen LogP contribution in [0.5, 0.6) is 0 Å². The summed E-state index contributed by atoms with van der Waals surface area (Å²) in [6.07, 6.45) is 1.36. The first-order chi connectivity index (χ1) is 14.4. The lowest BCUT2D eigenvalue weighted by Gasteiger charge is -2.31. The third-order valence-electron chi connectivity index (χ3n) is 5.57. The number of carbonyl (C=O) groups is 1. The fourth-order valence-electron chi connectivity index (χ4n) is 3.96. The first-order valence-corrected chi connectivity index (χ1v) is 9.84. The van der Waals surface area contributed by atoms with E-state index in [1.54, 1.807) is 6.07 Å². The van der Waals surface area contributed by atoms with Gasteiger partial charge in [0.1, 0.15) is 11.3 Å². The van der Waals surface area contributed by atoms with Crippen molar-refractivity contribution in [2.75, 3.05) is 13.1 Å². The van der Waals surface area contributed by atoms with E-state index in [2.05, 4.69) is 15.0 Å². The lowest BCUT2D eigenvalue weighted by Crippen LogP contribution is -2.33. The zero-order valence-corrected chi connectivity index (χ0v) is 16.5. The van der Waals surface area contributed by atoms with Crippen LogP contribution < -0.4 is 11.4 Å². The third-order valence-corrected chi connectivity index (χ3v) is 5.57. The molecule has 0 bridgehead atoms. The van der Waals surface area contributed by atoms with Crippen LogP contribution in [0, 0.1) is 11.6 Å². The molecule has 0 atom stereocenters. The fraction of sp³-hybridized carbons (Fsp3) is 0.400. The maximum Gasteiger partial charge on any atom is 0.327 e. The van der Waals surface area contributed by atoms with Gasteiger partial charge in [-0.2, -0.15) is 0 Å². The first-order valence-electron chi connectivity index (χ1n) is 9.84. The highest BCUT2D eigenvalue weighted by atomic mass is 19.2. The maximum absolute atomic E-state index is 13.9. The molecule has 2 aromatic heterocycles. The smallest absolute Gasteiger partial charge is 0.327 e. The van der Waals surface area contributed by atoms with E-state index in [0.717, 1.165) is 6.07 Å². The molecule has 30 heavy (non-hydrogen) atoms. The molecule has 0 saturated carbocycles. The summed E-state index contributed by atoms with van der Waals surface area (Å²) in [5.74, 6) is -1.96. The van der Waals surface area contributed by atoms with Gasteiger partial charge in [-0.3, -0.25) is 14.3 Å². The van der Waals surface area contributed by atoms with Crippen LogP contribution in [-0.4, -0.2) is 43.4 Å². The number of nitrogens with two attached hydrogens (primary N) is 1. The number of hydrogen-bond donors (Lipinski definition) is 2. The minimum absolute atomic E-state index is 0.00330. The molecule has 1 aromatic carbocycles. The van der Waals surface area contributed by atoms with Crippen molar-refractivity contribution in [3.05, 3.63) is 57.4 Å². The number of primary amides is 1. The normalized spacial score (nSPS) is 15.7. The van der Waals surface area contributed by atoms with Crippen LogP contribution >= 0.6 is 0 Å². The molecule has 3 N–H and O–H groups in total. The molecular weight excluding hydrogens is 394 g/mol. The van der Waals surface area contributed by atoms with Crippen molar-refractivity contribution in [3.63, 3.8) is 0 Å². The van der Waals surface area contributed by atoms with Crippen LogP contribution in [0.4, 0.5) is 8.78 Å². The van der Waals surface area contributed by atoms with Gasteiger partial charge >= 0.3 is 5.69 Å². The highest BCUT2D eigenvalue weighted by Gasteiger charge is 2.26. The Morgan fingerprint density at radius 1 is 1.27 bits per heavy atom. The topological polar surface area (TPSA) is 110 Å². The Kier molecular flexibility index (Phi) is 5.33. The monoisotopic (exact) mass is 416 g/mol. The number of likely N-dealkylation sites (tertiary alicyclic amines) is 1. The fourth-order valence-corrected chi connectivity index (χ4v) is 3.96. The number of H-pyrrole nitrogens is 1. The number of hydrogen-bond acceptors (Lipinski definition) is 5. The number of amides is 1. The number of imidazole rings is 1. The number of fused-ring (bicyclic) bond motifs is 1. The molecule has 158 valence electrons. The molecule has 1 fully saturated rings. The number of rotatable bonds is 5. The van der Waals surface area contributed by atoms with E-state index in [1.807, 2.05) is 11.8 Å². The first kappa shape index (κ1) is 20.1. The van der Waals surface area contributed by atoms with Crippen molar-refractivity contribution in [2.24, 2.45) is 5.73 Å². The van der Waals surface area contributed by atoms with Crippen LogP contribution in [-0.2, 0) is 13.1 Å². The summed E-state index contributed by atoms with van der Waals surface area (Å²) in [5, 5.41) is 0. The standard InChI is InChI=1S/C20H22F2N6O2/c1-2-28-19-16(25-20(28)30)15(17(23)29)24-18(26-19)11-6-8-27(9-7-11)10-12-4-3-5-13(21)14(12)22/h3-5,11H,2,6-10H2,1H3,(H2,23,29)(H,25,30). The van der Waals surface area contributed by atoms with Crippen molar-refractivity contribution < 1.29 is 13.6 Å². The van der Waals surface area contributed by atoms with Gasteiger partial charge in [0.05, 0.1) is 0 Å². The largest absolute Gasteiger partial charge is 0.364 e. The third kappa shape index (κ3) is 3.58. The van der Waals surface area contributed by atoms with Crippen molar-refractivity contribution in [3.8, 4) is 0 Å². The summed E-state index contributed by atoms with van der Waals surface area (Å²) < 4.78 is 28.8. The molecule has 8 nitrogen and oxygen atoms in total. The van der Waals surface area contributed by atoms with E-state index >= 15 is 0 Å². The number of nitrogens with zero attached hydrogens (tertiary/aromatic N) is 4. The van der Waals surface area contributed by atoms with Crippen LogP contribution in [0.1, 0.15) is 47.6 Å². The Morgan fingerprint density at radius 2 is 2.00 bits per heavy atom. The molecular formula is C20H22F2N6O2. The predicted octanol–water partition coefficient (Wildman–Crippen LogP) is 1.90. The molecule has 1 amide bonds. The molecule has 0 aliphatic carbocycles. The quantitative estimate of drug-likeness (QED) is 0.660. The second-order valence-electron chi connectivity index (χ2n) is 7.43. The van der Waals surface area contributed by atoms with Gasteiger partial charge in [0.25, 0.3) is 5.91 Å². The average molecular weight is 416 g/mol. The van der Waals surface area contributed by atoms with Gasteiger partial charge in [-0.05, 0) is 38.9 Å². The number of nitrogens with one attached hydrogen (secondary N) is 1. The Labute approximate surface area is 170 Å².